The summed E-state index contributed by atoms with van der Waals surface area (Å²) in [5.74, 6) is -1.14. The second-order valence-electron chi connectivity index (χ2n) is 5.32. The minimum absolute atomic E-state index is 0.186. The van der Waals surface area contributed by atoms with E-state index in [2.05, 4.69) is 10.3 Å². The van der Waals surface area contributed by atoms with Gasteiger partial charge in [0, 0.05) is 13.1 Å². The maximum atomic E-state index is 12.3. The lowest BCUT2D eigenvalue weighted by Gasteiger charge is -2.34. The van der Waals surface area contributed by atoms with E-state index in [1.807, 2.05) is 18.4 Å². The van der Waals surface area contributed by atoms with Crippen LogP contribution in [-0.4, -0.2) is 40.1 Å². The largest absolute Gasteiger partial charge is 0.481 e. The van der Waals surface area contributed by atoms with Gasteiger partial charge in [0.15, 0.2) is 5.13 Å². The molecule has 112 valence electrons. The molecule has 1 saturated heterocycles. The van der Waals surface area contributed by atoms with E-state index in [1.54, 1.807) is 16.2 Å². The molecule has 0 aliphatic carbocycles. The van der Waals surface area contributed by atoms with Gasteiger partial charge in [0.05, 0.1) is 11.4 Å². The Balaban J connectivity index is 1.69. The van der Waals surface area contributed by atoms with Crippen LogP contribution in [0.2, 0.25) is 0 Å². The van der Waals surface area contributed by atoms with Crippen LogP contribution in [0.1, 0.15) is 13.3 Å². The molecule has 2 N–H and O–H groups in total. The predicted molar refractivity (Wildman–Crippen MR) is 83.0 cm³/mol. The molecule has 0 spiro atoms. The summed E-state index contributed by atoms with van der Waals surface area (Å²) in [6.07, 6.45) is 0.617. The fraction of sp³-hybridized carbons (Fsp3) is 0.462. The monoisotopic (exact) mass is 325 g/mol. The van der Waals surface area contributed by atoms with Crippen molar-refractivity contribution in [2.75, 3.05) is 18.4 Å². The SMILES string of the molecule is CC1CC(C(=O)O)CN(C(=O)Nc2nc3ccsc3s2)C1. The van der Waals surface area contributed by atoms with Crippen molar-refractivity contribution in [1.29, 1.82) is 0 Å². The van der Waals surface area contributed by atoms with Crippen LogP contribution in [-0.2, 0) is 4.79 Å². The Morgan fingerprint density at radius 1 is 1.48 bits per heavy atom. The van der Waals surface area contributed by atoms with Crippen molar-refractivity contribution < 1.29 is 14.7 Å². The fourth-order valence-corrected chi connectivity index (χ4v) is 4.42. The van der Waals surface area contributed by atoms with Gasteiger partial charge in [-0.15, -0.1) is 11.3 Å². The Morgan fingerprint density at radius 2 is 2.29 bits per heavy atom. The number of carboxylic acids is 1. The maximum Gasteiger partial charge on any atom is 0.323 e. The molecule has 0 saturated carbocycles. The third kappa shape index (κ3) is 3.01. The van der Waals surface area contributed by atoms with E-state index in [4.69, 9.17) is 5.11 Å². The lowest BCUT2D eigenvalue weighted by Crippen LogP contribution is -2.47. The van der Waals surface area contributed by atoms with Crippen molar-refractivity contribution in [3.05, 3.63) is 11.4 Å². The summed E-state index contributed by atoms with van der Waals surface area (Å²) in [4.78, 5) is 29.3. The number of piperidine rings is 1. The standard InChI is InChI=1S/C13H15N3O3S2/c1-7-4-8(10(17)18)6-16(5-7)13(19)15-12-14-9-2-3-20-11(9)21-12/h2-3,7-8H,4-6H2,1H3,(H,17,18)(H,14,15,19). The molecule has 2 unspecified atom stereocenters. The van der Waals surface area contributed by atoms with Gasteiger partial charge >= 0.3 is 12.0 Å². The number of carboxylic acid groups (broad SMARTS) is 1. The Morgan fingerprint density at radius 3 is 3.00 bits per heavy atom. The third-order valence-electron chi connectivity index (χ3n) is 3.53. The van der Waals surface area contributed by atoms with Crippen LogP contribution in [0.4, 0.5) is 9.93 Å². The minimum atomic E-state index is -0.839. The lowest BCUT2D eigenvalue weighted by molar-refractivity contribution is -0.143. The van der Waals surface area contributed by atoms with E-state index in [0.717, 1.165) is 9.53 Å². The average Bonchev–Trinajstić information content (AvgIpc) is 2.98. The van der Waals surface area contributed by atoms with Crippen LogP contribution in [0.15, 0.2) is 11.4 Å². The van der Waals surface area contributed by atoms with Crippen molar-refractivity contribution in [3.63, 3.8) is 0 Å². The van der Waals surface area contributed by atoms with Gasteiger partial charge in [0.25, 0.3) is 0 Å². The van der Waals surface area contributed by atoms with E-state index >= 15 is 0 Å². The number of carbonyl (C=O) groups is 2. The number of thiazole rings is 1. The zero-order valence-electron chi connectivity index (χ0n) is 11.4. The van der Waals surface area contributed by atoms with Gasteiger partial charge in [-0.1, -0.05) is 18.3 Å². The summed E-state index contributed by atoms with van der Waals surface area (Å²) in [7, 11) is 0. The first-order valence-corrected chi connectivity index (χ1v) is 8.35. The van der Waals surface area contributed by atoms with Crippen LogP contribution in [0.25, 0.3) is 9.53 Å². The molecule has 8 heteroatoms. The highest BCUT2D eigenvalue weighted by Crippen LogP contribution is 2.30. The number of thiophene rings is 1. The molecule has 0 bridgehead atoms. The predicted octanol–water partition coefficient (Wildman–Crippen LogP) is 2.93. The number of amides is 2. The summed E-state index contributed by atoms with van der Waals surface area (Å²) >= 11 is 3.03. The minimum Gasteiger partial charge on any atom is -0.481 e. The van der Waals surface area contributed by atoms with E-state index in [0.29, 0.717) is 18.1 Å². The smallest absolute Gasteiger partial charge is 0.323 e. The number of nitrogens with one attached hydrogen (secondary N) is 1. The molecule has 2 aromatic rings. The Hall–Kier alpha value is -1.67. The van der Waals surface area contributed by atoms with Crippen LogP contribution in [0.5, 0.6) is 0 Å². The van der Waals surface area contributed by atoms with Crippen LogP contribution >= 0.6 is 22.7 Å². The number of fused-ring (bicyclic) bond motifs is 1. The second-order valence-corrected chi connectivity index (χ2v) is 7.50. The number of carbonyl (C=O) groups excluding carboxylic acids is 1. The van der Waals surface area contributed by atoms with Gasteiger partial charge in [-0.05, 0) is 23.8 Å². The second kappa shape index (κ2) is 5.61. The van der Waals surface area contributed by atoms with Crippen molar-refractivity contribution in [3.8, 4) is 0 Å². The summed E-state index contributed by atoms with van der Waals surface area (Å²) in [5, 5.41) is 14.4. The highest BCUT2D eigenvalue weighted by molar-refractivity contribution is 7.39. The maximum absolute atomic E-state index is 12.3. The molecule has 1 fully saturated rings. The molecule has 2 atom stereocenters. The Labute approximate surface area is 129 Å². The van der Waals surface area contributed by atoms with Crippen molar-refractivity contribution in [2.24, 2.45) is 11.8 Å². The van der Waals surface area contributed by atoms with E-state index in [-0.39, 0.29) is 18.5 Å². The van der Waals surface area contributed by atoms with Gasteiger partial charge in [0.1, 0.15) is 4.01 Å². The van der Waals surface area contributed by atoms with Crippen LogP contribution in [0, 0.1) is 11.8 Å². The summed E-state index contributed by atoms with van der Waals surface area (Å²) in [6, 6.07) is 1.64. The first-order chi connectivity index (χ1) is 10.0. The Bertz CT molecular complexity index is 653. The van der Waals surface area contributed by atoms with Gasteiger partial charge in [0.2, 0.25) is 0 Å². The van der Waals surface area contributed by atoms with Crippen LogP contribution in [0.3, 0.4) is 0 Å². The molecule has 21 heavy (non-hydrogen) atoms. The number of urea groups is 1. The highest BCUT2D eigenvalue weighted by atomic mass is 32.2. The number of aliphatic carboxylic acids is 1. The van der Waals surface area contributed by atoms with Gasteiger partial charge in [-0.2, -0.15) is 0 Å². The van der Waals surface area contributed by atoms with Crippen LogP contribution < -0.4 is 5.32 Å². The molecule has 6 nitrogen and oxygen atoms in total. The summed E-state index contributed by atoms with van der Waals surface area (Å²) < 4.78 is 1.07. The van der Waals surface area contributed by atoms with Crippen molar-refractivity contribution in [1.82, 2.24) is 9.88 Å². The van der Waals surface area contributed by atoms with Gasteiger partial charge in [-0.3, -0.25) is 10.1 Å². The summed E-state index contributed by atoms with van der Waals surface area (Å²) in [6.45, 7) is 2.80. The lowest BCUT2D eigenvalue weighted by atomic mass is 9.91. The fourth-order valence-electron chi connectivity index (χ4n) is 2.59. The molecule has 2 amide bonds. The molecule has 2 aromatic heterocycles. The van der Waals surface area contributed by atoms with E-state index < -0.39 is 11.9 Å². The zero-order chi connectivity index (χ0) is 15.0. The molecular formula is C13H15N3O3S2. The molecule has 3 heterocycles. The number of hydrogen-bond donors (Lipinski definition) is 2. The quantitative estimate of drug-likeness (QED) is 0.889. The normalized spacial score (nSPS) is 22.4. The number of rotatable bonds is 2. The number of aromatic nitrogens is 1. The number of nitrogens with zero attached hydrogens (tertiary/aromatic N) is 2. The third-order valence-corrected chi connectivity index (χ3v) is 5.55. The first kappa shape index (κ1) is 14.3. The molecule has 3 rings (SSSR count). The molecular weight excluding hydrogens is 310 g/mol. The molecule has 0 radical (unpaired) electrons. The number of anilines is 1. The number of likely N-dealkylation sites (tertiary alicyclic amines) is 1. The van der Waals surface area contributed by atoms with Crippen molar-refractivity contribution in [2.45, 2.75) is 13.3 Å². The van der Waals surface area contributed by atoms with Gasteiger partial charge in [-0.25, -0.2) is 9.78 Å². The molecule has 1 aliphatic rings. The summed E-state index contributed by atoms with van der Waals surface area (Å²) in [5.41, 5.74) is 0.885. The average molecular weight is 325 g/mol. The zero-order valence-corrected chi connectivity index (χ0v) is 13.0. The van der Waals surface area contributed by atoms with Crippen molar-refractivity contribution >= 4 is 49.3 Å². The Kier molecular flexibility index (Phi) is 3.81. The van der Waals surface area contributed by atoms with E-state index in [9.17, 15) is 9.59 Å². The molecule has 1 aliphatic heterocycles. The van der Waals surface area contributed by atoms with Gasteiger partial charge < -0.3 is 10.0 Å². The number of hydrogen-bond acceptors (Lipinski definition) is 5. The van der Waals surface area contributed by atoms with E-state index in [1.165, 1.54) is 11.3 Å². The molecule has 0 aromatic carbocycles. The highest BCUT2D eigenvalue weighted by Gasteiger charge is 2.32. The topological polar surface area (TPSA) is 82.5 Å². The first-order valence-electron chi connectivity index (χ1n) is 6.65.